The van der Waals surface area contributed by atoms with Crippen LogP contribution in [0.1, 0.15) is 296 Å². The quantitative estimate of drug-likeness (QED) is 0.0264. The van der Waals surface area contributed by atoms with Gasteiger partial charge in [-0.1, -0.05) is 284 Å². The fraction of sp³-hybridized carbons (Fsp3) is 0.739. The number of hydrogen-bond acceptors (Lipinski definition) is 8. The molecule has 0 saturated carbocycles. The van der Waals surface area contributed by atoms with Gasteiger partial charge in [0.25, 0.3) is 0 Å². The molecule has 2 atom stereocenters. The van der Waals surface area contributed by atoms with Crippen molar-refractivity contribution < 1.29 is 37.6 Å². The van der Waals surface area contributed by atoms with E-state index in [1.54, 1.807) is 0 Å². The molecular formula is C69H122NO8P. The van der Waals surface area contributed by atoms with Gasteiger partial charge in [0.2, 0.25) is 0 Å². The van der Waals surface area contributed by atoms with Crippen LogP contribution in [0.3, 0.4) is 0 Å². The topological polar surface area (TPSA) is 134 Å². The molecule has 456 valence electrons. The second-order valence-corrected chi connectivity index (χ2v) is 23.1. The summed E-state index contributed by atoms with van der Waals surface area (Å²) in [5, 5.41) is 0. The molecule has 0 aromatic carbocycles. The average molecular weight is 1120 g/mol. The molecule has 10 heteroatoms. The number of hydrogen-bond donors (Lipinski definition) is 2. The predicted octanol–water partition coefficient (Wildman–Crippen LogP) is 21.2. The van der Waals surface area contributed by atoms with Crippen LogP contribution in [0.15, 0.2) is 97.2 Å². The van der Waals surface area contributed by atoms with Crippen LogP contribution in [0.5, 0.6) is 0 Å². The third-order valence-corrected chi connectivity index (χ3v) is 14.9. The minimum Gasteiger partial charge on any atom is -0.462 e. The summed E-state index contributed by atoms with van der Waals surface area (Å²) in [5.74, 6) is -0.861. The van der Waals surface area contributed by atoms with Crippen LogP contribution in [0.4, 0.5) is 0 Å². The van der Waals surface area contributed by atoms with Crippen LogP contribution >= 0.6 is 7.82 Å². The number of phosphoric acid groups is 1. The van der Waals surface area contributed by atoms with Gasteiger partial charge in [-0.3, -0.25) is 18.6 Å². The number of esters is 2. The van der Waals surface area contributed by atoms with Crippen molar-refractivity contribution in [3.8, 4) is 0 Å². The molecular weight excluding hydrogens is 1000 g/mol. The van der Waals surface area contributed by atoms with Gasteiger partial charge in [-0.05, 0) is 96.3 Å². The molecule has 0 saturated heterocycles. The number of unbranched alkanes of at least 4 members (excludes halogenated alkanes) is 32. The van der Waals surface area contributed by atoms with Gasteiger partial charge in [-0.2, -0.15) is 0 Å². The van der Waals surface area contributed by atoms with Crippen LogP contribution in [0.2, 0.25) is 0 Å². The van der Waals surface area contributed by atoms with E-state index in [1.165, 1.54) is 180 Å². The molecule has 9 nitrogen and oxygen atoms in total. The Morgan fingerprint density at radius 2 is 0.696 bits per heavy atom. The summed E-state index contributed by atoms with van der Waals surface area (Å²) < 4.78 is 33.0. The second-order valence-electron chi connectivity index (χ2n) is 21.6. The van der Waals surface area contributed by atoms with Gasteiger partial charge in [-0.15, -0.1) is 0 Å². The third kappa shape index (κ3) is 64.0. The SMILES string of the molecule is CC/C=C\C/C=C\C/C=C\C/C=C\C/C=C\CCCCCC(=O)OC(COC(=O)CCCCCCCCCCCCCCCCCCCCCCCCCC/C=C\C/C=C\C/C=C\CCCCCCC)COP(=O)(O)OCCN. The van der Waals surface area contributed by atoms with E-state index in [9.17, 15) is 19.0 Å². The molecule has 3 N–H and O–H groups in total. The Morgan fingerprint density at radius 1 is 0.392 bits per heavy atom. The lowest BCUT2D eigenvalue weighted by atomic mass is 10.0. The number of carbonyl (C=O) groups is 2. The Kier molecular flexibility index (Phi) is 61.6. The van der Waals surface area contributed by atoms with Crippen LogP contribution in [-0.2, 0) is 32.7 Å². The van der Waals surface area contributed by atoms with Gasteiger partial charge < -0.3 is 20.1 Å². The van der Waals surface area contributed by atoms with Crippen LogP contribution in [-0.4, -0.2) is 49.3 Å². The van der Waals surface area contributed by atoms with Crippen LogP contribution in [0, 0.1) is 0 Å². The first kappa shape index (κ1) is 75.9. The molecule has 0 aromatic rings. The van der Waals surface area contributed by atoms with Crippen molar-refractivity contribution in [2.45, 2.75) is 302 Å². The molecule has 2 unspecified atom stereocenters. The monoisotopic (exact) mass is 1120 g/mol. The van der Waals surface area contributed by atoms with E-state index in [0.717, 1.165) is 83.5 Å². The molecule has 0 heterocycles. The average Bonchev–Trinajstić information content (AvgIpc) is 3.44. The van der Waals surface area contributed by atoms with Crippen molar-refractivity contribution in [2.24, 2.45) is 5.73 Å². The summed E-state index contributed by atoms with van der Waals surface area (Å²) in [5.41, 5.74) is 5.38. The summed E-state index contributed by atoms with van der Waals surface area (Å²) in [4.78, 5) is 35.2. The van der Waals surface area contributed by atoms with E-state index in [1.807, 2.05) is 0 Å². The lowest BCUT2D eigenvalue weighted by Crippen LogP contribution is -2.29. The number of carbonyl (C=O) groups excluding carboxylic acids is 2. The summed E-state index contributed by atoms with van der Waals surface area (Å²) in [6, 6.07) is 0. The van der Waals surface area contributed by atoms with Gasteiger partial charge in [0.1, 0.15) is 6.61 Å². The molecule has 0 spiro atoms. The maximum Gasteiger partial charge on any atom is 0.472 e. The summed E-state index contributed by atoms with van der Waals surface area (Å²) in [7, 11) is -4.40. The fourth-order valence-corrected chi connectivity index (χ4v) is 9.91. The molecule has 0 aliphatic rings. The first-order valence-corrected chi connectivity index (χ1v) is 34.2. The first-order chi connectivity index (χ1) is 38.8. The lowest BCUT2D eigenvalue weighted by molar-refractivity contribution is -0.161. The van der Waals surface area contributed by atoms with E-state index < -0.39 is 26.5 Å². The largest absolute Gasteiger partial charge is 0.472 e. The van der Waals surface area contributed by atoms with Gasteiger partial charge in [0.15, 0.2) is 6.10 Å². The predicted molar refractivity (Wildman–Crippen MR) is 339 cm³/mol. The highest BCUT2D eigenvalue weighted by Crippen LogP contribution is 2.43. The van der Waals surface area contributed by atoms with Crippen molar-refractivity contribution in [3.63, 3.8) is 0 Å². The normalized spacial score (nSPS) is 13.6. The van der Waals surface area contributed by atoms with Crippen molar-refractivity contribution in [1.29, 1.82) is 0 Å². The zero-order valence-electron chi connectivity index (χ0n) is 51.1. The summed E-state index contributed by atoms with van der Waals surface area (Å²) in [6.45, 7) is 3.60. The zero-order chi connectivity index (χ0) is 57.3. The summed E-state index contributed by atoms with van der Waals surface area (Å²) in [6.07, 6.45) is 86.5. The molecule has 79 heavy (non-hydrogen) atoms. The Hall–Kier alpha value is -3.07. The van der Waals surface area contributed by atoms with Crippen molar-refractivity contribution in [3.05, 3.63) is 97.2 Å². The van der Waals surface area contributed by atoms with Gasteiger partial charge >= 0.3 is 19.8 Å². The lowest BCUT2D eigenvalue weighted by Gasteiger charge is -2.19. The van der Waals surface area contributed by atoms with Crippen LogP contribution in [0.25, 0.3) is 0 Å². The molecule has 0 amide bonds. The van der Waals surface area contributed by atoms with E-state index in [2.05, 4.69) is 111 Å². The minimum absolute atomic E-state index is 0.0446. The van der Waals surface area contributed by atoms with Crippen molar-refractivity contribution in [2.75, 3.05) is 26.4 Å². The van der Waals surface area contributed by atoms with Crippen molar-refractivity contribution >= 4 is 19.8 Å². The smallest absolute Gasteiger partial charge is 0.462 e. The molecule has 0 bridgehead atoms. The maximum absolute atomic E-state index is 12.7. The van der Waals surface area contributed by atoms with E-state index >= 15 is 0 Å². The molecule has 0 fully saturated rings. The number of nitrogens with two attached hydrogens (primary N) is 1. The maximum atomic E-state index is 12.7. The molecule has 0 rings (SSSR count). The summed E-state index contributed by atoms with van der Waals surface area (Å²) >= 11 is 0. The zero-order valence-corrected chi connectivity index (χ0v) is 52.0. The Bertz CT molecular complexity index is 1610. The van der Waals surface area contributed by atoms with Gasteiger partial charge in [0, 0.05) is 19.4 Å². The number of rotatable bonds is 61. The molecule has 0 aliphatic heterocycles. The van der Waals surface area contributed by atoms with E-state index in [-0.39, 0.29) is 38.6 Å². The Balaban J connectivity index is 3.83. The Labute approximate surface area is 486 Å². The van der Waals surface area contributed by atoms with Gasteiger partial charge in [-0.25, -0.2) is 4.57 Å². The molecule has 0 radical (unpaired) electrons. The fourth-order valence-electron chi connectivity index (χ4n) is 9.14. The minimum atomic E-state index is -4.40. The van der Waals surface area contributed by atoms with E-state index in [0.29, 0.717) is 6.42 Å². The third-order valence-electron chi connectivity index (χ3n) is 14.0. The highest BCUT2D eigenvalue weighted by Gasteiger charge is 2.26. The highest BCUT2D eigenvalue weighted by molar-refractivity contribution is 7.47. The second kappa shape index (κ2) is 64.1. The molecule has 0 aliphatic carbocycles. The van der Waals surface area contributed by atoms with Crippen molar-refractivity contribution in [1.82, 2.24) is 0 Å². The number of phosphoric ester groups is 1. The van der Waals surface area contributed by atoms with Crippen LogP contribution < -0.4 is 5.73 Å². The highest BCUT2D eigenvalue weighted by atomic mass is 31.2. The molecule has 0 aromatic heterocycles. The van der Waals surface area contributed by atoms with Gasteiger partial charge in [0.05, 0.1) is 13.2 Å². The standard InChI is InChI=1S/C69H122NO8P/c1-3-5-7-9-11-13-15-17-19-21-23-24-25-26-27-28-29-30-31-32-33-34-35-36-37-38-39-40-41-42-44-45-47-49-51-53-55-57-59-61-68(71)75-65-67(66-77-79(73,74)76-64-63-70)78-69(72)62-60-58-56-54-52-50-48-46-43-22-20-18-16-14-12-10-8-6-4-2/h6,8,12,14-15,17-18,20-21,23,25-26,43,46,50,52,67H,3-5,7,9-11,13,16,19,22,24,27-42,44-45,47-49,51,53-66,70H2,1-2H3,(H,73,74)/b8-6-,14-12-,17-15-,20-18-,23-21-,26-25-,46-43-,52-50-. The van der Waals surface area contributed by atoms with E-state index in [4.69, 9.17) is 24.3 Å². The Morgan fingerprint density at radius 3 is 1.05 bits per heavy atom. The first-order valence-electron chi connectivity index (χ1n) is 32.7. The number of allylic oxidation sites excluding steroid dienone is 16. The number of ether oxygens (including phenoxy) is 2.